The molecule has 0 amide bonds. The van der Waals surface area contributed by atoms with Gasteiger partial charge in [0.2, 0.25) is 0 Å². The highest BCUT2D eigenvalue weighted by molar-refractivity contribution is 5.98. The van der Waals surface area contributed by atoms with Crippen LogP contribution in [0.25, 0.3) is 0 Å². The Kier molecular flexibility index (Phi) is 4.67. The molecule has 11 atom stereocenters. The summed E-state index contributed by atoms with van der Waals surface area (Å²) in [7, 11) is 0. The number of epoxide rings is 1. The Labute approximate surface area is 206 Å². The first kappa shape index (κ1) is 23.8. The molecular formula is C28H38O7. The Morgan fingerprint density at radius 1 is 1.11 bits per heavy atom. The van der Waals surface area contributed by atoms with Crippen molar-refractivity contribution in [1.82, 2.24) is 0 Å². The number of carbonyl (C=O) groups excluding carboxylic acids is 2. The number of hydrogen-bond donors (Lipinski definition) is 3. The SMILES string of the molecule is CC1=C(C)C(=O)O[C@@H]([C@](C)(O)[C@@]2(O)CC[C@H]3[C@H]4C[C@H]5O[C@]56[C@@H](O)C=CC(=O)[C@]6(C)[C@@H]4CC[C@@]32C)C1. The molecule has 4 aliphatic carbocycles. The van der Waals surface area contributed by atoms with E-state index in [0.29, 0.717) is 31.3 Å². The van der Waals surface area contributed by atoms with Crippen LogP contribution < -0.4 is 0 Å². The van der Waals surface area contributed by atoms with Gasteiger partial charge in [0.25, 0.3) is 0 Å². The molecule has 1 spiro atoms. The number of esters is 1. The summed E-state index contributed by atoms with van der Waals surface area (Å²) in [6.07, 6.45) is 4.94. The maximum atomic E-state index is 13.3. The molecule has 3 N–H and O–H groups in total. The van der Waals surface area contributed by atoms with E-state index in [1.165, 1.54) is 6.08 Å². The monoisotopic (exact) mass is 486 g/mol. The third-order valence-corrected chi connectivity index (χ3v) is 11.9. The molecule has 0 aromatic heterocycles. The van der Waals surface area contributed by atoms with Crippen molar-refractivity contribution < 1.29 is 34.4 Å². The van der Waals surface area contributed by atoms with Crippen molar-refractivity contribution in [2.24, 2.45) is 28.6 Å². The zero-order valence-electron chi connectivity index (χ0n) is 21.3. The number of ether oxygens (including phenoxy) is 2. The molecule has 7 heteroatoms. The lowest BCUT2D eigenvalue weighted by atomic mass is 9.43. The molecule has 0 bridgehead atoms. The van der Waals surface area contributed by atoms with Crippen LogP contribution in [0.3, 0.4) is 0 Å². The van der Waals surface area contributed by atoms with Gasteiger partial charge in [-0.2, -0.15) is 0 Å². The summed E-state index contributed by atoms with van der Waals surface area (Å²) in [5, 5.41) is 35.1. The molecule has 7 nitrogen and oxygen atoms in total. The largest absolute Gasteiger partial charge is 0.455 e. The minimum Gasteiger partial charge on any atom is -0.455 e. The first-order valence-corrected chi connectivity index (χ1v) is 13.2. The van der Waals surface area contributed by atoms with E-state index in [0.717, 1.165) is 18.4 Å². The molecule has 35 heavy (non-hydrogen) atoms. The van der Waals surface area contributed by atoms with Crippen LogP contribution in [0.2, 0.25) is 0 Å². The average Bonchev–Trinajstić information content (AvgIpc) is 3.47. The number of cyclic esters (lactones) is 1. The second kappa shape index (κ2) is 6.85. The van der Waals surface area contributed by atoms with Gasteiger partial charge in [0.05, 0.1) is 11.5 Å². The number of aliphatic hydroxyl groups excluding tert-OH is 1. The number of allylic oxidation sites excluding steroid dienone is 1. The summed E-state index contributed by atoms with van der Waals surface area (Å²) in [4.78, 5) is 25.8. The van der Waals surface area contributed by atoms with E-state index >= 15 is 0 Å². The van der Waals surface area contributed by atoms with Crippen LogP contribution in [0, 0.1) is 28.6 Å². The van der Waals surface area contributed by atoms with Crippen molar-refractivity contribution in [1.29, 1.82) is 0 Å². The van der Waals surface area contributed by atoms with Crippen molar-refractivity contribution in [3.63, 3.8) is 0 Å². The van der Waals surface area contributed by atoms with Gasteiger partial charge in [0, 0.05) is 17.4 Å². The Morgan fingerprint density at radius 2 is 1.80 bits per heavy atom. The second-order valence-corrected chi connectivity index (χ2v) is 12.9. The van der Waals surface area contributed by atoms with E-state index in [-0.39, 0.29) is 29.6 Å². The summed E-state index contributed by atoms with van der Waals surface area (Å²) in [5.74, 6) is -0.138. The zero-order chi connectivity index (χ0) is 25.3. The van der Waals surface area contributed by atoms with Crippen LogP contribution in [0.5, 0.6) is 0 Å². The van der Waals surface area contributed by atoms with Crippen LogP contribution in [-0.4, -0.2) is 62.2 Å². The summed E-state index contributed by atoms with van der Waals surface area (Å²) < 4.78 is 11.9. The topological polar surface area (TPSA) is 117 Å². The summed E-state index contributed by atoms with van der Waals surface area (Å²) in [6, 6.07) is 0. The van der Waals surface area contributed by atoms with E-state index < -0.39 is 45.8 Å². The van der Waals surface area contributed by atoms with E-state index in [1.807, 2.05) is 13.8 Å². The highest BCUT2D eigenvalue weighted by Crippen LogP contribution is 2.74. The normalized spacial score (nSPS) is 54.3. The number of rotatable bonds is 2. The molecule has 192 valence electrons. The molecule has 0 aromatic carbocycles. The maximum Gasteiger partial charge on any atom is 0.334 e. The standard InChI is InChI=1S/C28H38O7/c1-14-12-21(34-23(31)15(14)2)26(5,32)27(33)11-9-17-16-13-22-28(35-22)20(30)7-6-19(29)25(28,4)18(16)8-10-24(17,27)3/h6-7,16-18,20-22,30,32-33H,8-13H2,1-5H3/t16-,17+,18-,20+,21-,22-,24+,25+,26+,27-,28-/m1/s1. The van der Waals surface area contributed by atoms with Crippen LogP contribution in [0.1, 0.15) is 73.1 Å². The highest BCUT2D eigenvalue weighted by Gasteiger charge is 2.81. The first-order chi connectivity index (χ1) is 16.3. The molecule has 3 saturated carbocycles. The Balaban J connectivity index is 1.35. The van der Waals surface area contributed by atoms with Crippen molar-refractivity contribution in [3.8, 4) is 0 Å². The van der Waals surface area contributed by atoms with Crippen molar-refractivity contribution >= 4 is 11.8 Å². The fourth-order valence-electron chi connectivity index (χ4n) is 9.48. The minimum absolute atomic E-state index is 0.0237. The van der Waals surface area contributed by atoms with Gasteiger partial charge in [-0.3, -0.25) is 4.79 Å². The lowest BCUT2D eigenvalue weighted by molar-refractivity contribution is -0.253. The Morgan fingerprint density at radius 3 is 2.49 bits per heavy atom. The summed E-state index contributed by atoms with van der Waals surface area (Å²) in [6.45, 7) is 9.28. The quantitative estimate of drug-likeness (QED) is 0.406. The van der Waals surface area contributed by atoms with Gasteiger partial charge in [0.15, 0.2) is 5.78 Å². The van der Waals surface area contributed by atoms with Gasteiger partial charge in [0.1, 0.15) is 29.0 Å². The predicted molar refractivity (Wildman–Crippen MR) is 126 cm³/mol. The molecular weight excluding hydrogens is 448 g/mol. The molecule has 4 fully saturated rings. The zero-order valence-corrected chi connectivity index (χ0v) is 21.3. The van der Waals surface area contributed by atoms with E-state index in [9.17, 15) is 24.9 Å². The fourth-order valence-corrected chi connectivity index (χ4v) is 9.48. The molecule has 6 aliphatic rings. The summed E-state index contributed by atoms with van der Waals surface area (Å²) in [5.41, 5.74) is -3.85. The number of hydrogen-bond acceptors (Lipinski definition) is 7. The predicted octanol–water partition coefficient (Wildman–Crippen LogP) is 2.61. The third-order valence-electron chi connectivity index (χ3n) is 11.9. The summed E-state index contributed by atoms with van der Waals surface area (Å²) >= 11 is 0. The fraction of sp³-hybridized carbons (Fsp3) is 0.786. The molecule has 1 saturated heterocycles. The lowest BCUT2D eigenvalue weighted by Crippen LogP contribution is -2.69. The van der Waals surface area contributed by atoms with Gasteiger partial charge in [-0.1, -0.05) is 12.5 Å². The third kappa shape index (κ3) is 2.51. The number of fused-ring (bicyclic) bond motifs is 4. The van der Waals surface area contributed by atoms with E-state index in [2.05, 4.69) is 6.92 Å². The number of aliphatic hydroxyl groups is 3. The first-order valence-electron chi connectivity index (χ1n) is 13.2. The van der Waals surface area contributed by atoms with Gasteiger partial charge in [-0.05, 0) is 89.7 Å². The second-order valence-electron chi connectivity index (χ2n) is 12.9. The van der Waals surface area contributed by atoms with Crippen molar-refractivity contribution in [2.75, 3.05) is 0 Å². The smallest absolute Gasteiger partial charge is 0.334 e. The molecule has 0 aromatic rings. The van der Waals surface area contributed by atoms with Crippen molar-refractivity contribution in [2.45, 2.75) is 108 Å². The lowest BCUT2D eigenvalue weighted by Gasteiger charge is -2.60. The molecule has 6 rings (SSSR count). The van der Waals surface area contributed by atoms with E-state index in [4.69, 9.17) is 9.47 Å². The van der Waals surface area contributed by atoms with Crippen LogP contribution in [-0.2, 0) is 19.1 Å². The van der Waals surface area contributed by atoms with Gasteiger partial charge < -0.3 is 24.8 Å². The minimum atomic E-state index is -1.63. The Bertz CT molecular complexity index is 1080. The number of carbonyl (C=O) groups is 2. The van der Waals surface area contributed by atoms with Crippen LogP contribution in [0.4, 0.5) is 0 Å². The number of ketones is 1. The van der Waals surface area contributed by atoms with Crippen molar-refractivity contribution in [3.05, 3.63) is 23.3 Å². The molecule has 0 radical (unpaired) electrons. The molecule has 0 unspecified atom stereocenters. The highest BCUT2D eigenvalue weighted by atomic mass is 16.6. The van der Waals surface area contributed by atoms with Gasteiger partial charge in [-0.25, -0.2) is 4.79 Å². The van der Waals surface area contributed by atoms with E-state index in [1.54, 1.807) is 19.9 Å². The van der Waals surface area contributed by atoms with Crippen LogP contribution >= 0.6 is 0 Å². The maximum absolute atomic E-state index is 13.3. The molecule has 2 aliphatic heterocycles. The Hall–Kier alpha value is -1.54. The molecule has 2 heterocycles. The van der Waals surface area contributed by atoms with Gasteiger partial charge in [-0.15, -0.1) is 0 Å². The van der Waals surface area contributed by atoms with Gasteiger partial charge >= 0.3 is 5.97 Å². The van der Waals surface area contributed by atoms with Crippen LogP contribution in [0.15, 0.2) is 23.3 Å². The average molecular weight is 487 g/mol.